The van der Waals surface area contributed by atoms with Gasteiger partial charge in [-0.1, -0.05) is 6.07 Å². The van der Waals surface area contributed by atoms with Crippen LogP contribution in [0, 0.1) is 5.82 Å². The lowest BCUT2D eigenvalue weighted by atomic mass is 10.0. The van der Waals surface area contributed by atoms with E-state index in [4.69, 9.17) is 14.2 Å². The zero-order valence-electron chi connectivity index (χ0n) is 18.0. The lowest BCUT2D eigenvalue weighted by Gasteiger charge is -2.26. The molecule has 2 aliphatic heterocycles. The fourth-order valence-electron chi connectivity index (χ4n) is 4.52. The van der Waals surface area contributed by atoms with Gasteiger partial charge in [0.25, 0.3) is 5.91 Å². The van der Waals surface area contributed by atoms with Gasteiger partial charge < -0.3 is 29.8 Å². The second kappa shape index (κ2) is 7.77. The molecule has 0 spiro atoms. The molecule has 3 aliphatic rings. The van der Waals surface area contributed by atoms with Crippen LogP contribution in [0.2, 0.25) is 0 Å². The van der Waals surface area contributed by atoms with Gasteiger partial charge in [-0.15, -0.1) is 0 Å². The predicted octanol–water partition coefficient (Wildman–Crippen LogP) is 3.74. The van der Waals surface area contributed by atoms with E-state index in [1.165, 1.54) is 13.2 Å². The van der Waals surface area contributed by atoms with Gasteiger partial charge in [0.05, 0.1) is 42.0 Å². The summed E-state index contributed by atoms with van der Waals surface area (Å²) in [6.45, 7) is 1.17. The van der Waals surface area contributed by atoms with E-state index >= 15 is 0 Å². The number of halogens is 1. The van der Waals surface area contributed by atoms with E-state index in [9.17, 15) is 9.18 Å². The molecule has 4 heterocycles. The highest BCUT2D eigenvalue weighted by Gasteiger charge is 2.48. The van der Waals surface area contributed by atoms with Gasteiger partial charge in [0.1, 0.15) is 12.4 Å². The molecule has 1 aromatic carbocycles. The van der Waals surface area contributed by atoms with E-state index in [0.717, 1.165) is 30.7 Å². The molecule has 3 aromatic rings. The van der Waals surface area contributed by atoms with Crippen LogP contribution in [0.15, 0.2) is 36.7 Å². The third-order valence-corrected chi connectivity index (χ3v) is 6.44. The number of methoxy groups -OCH3 is 1. The number of para-hydroxylation sites is 1. The number of carbonyl (C=O) groups excluding carboxylic acids is 1. The average molecular weight is 450 g/mol. The number of H-pyrrole nitrogens is 1. The van der Waals surface area contributed by atoms with Gasteiger partial charge in [0, 0.05) is 42.4 Å². The van der Waals surface area contributed by atoms with Gasteiger partial charge in [0.2, 0.25) is 0 Å². The Bertz CT molecular complexity index is 1240. The Labute approximate surface area is 189 Å². The molecule has 0 radical (unpaired) electrons. The molecule has 0 bridgehead atoms. The first-order valence-electron chi connectivity index (χ1n) is 11.0. The van der Waals surface area contributed by atoms with E-state index in [1.807, 2.05) is 6.07 Å². The van der Waals surface area contributed by atoms with E-state index in [1.54, 1.807) is 24.5 Å². The van der Waals surface area contributed by atoms with Gasteiger partial charge >= 0.3 is 0 Å². The van der Waals surface area contributed by atoms with Crippen LogP contribution >= 0.6 is 0 Å². The molecule has 3 atom stereocenters. The molecule has 1 saturated heterocycles. The average Bonchev–Trinajstić information content (AvgIpc) is 3.45. The number of fused-ring (bicyclic) bond motifs is 3. The maximum Gasteiger partial charge on any atom is 0.255 e. The van der Waals surface area contributed by atoms with E-state index in [0.29, 0.717) is 35.0 Å². The minimum atomic E-state index is -0.492. The molecule has 1 amide bonds. The largest absolute Gasteiger partial charge is 0.492 e. The van der Waals surface area contributed by atoms with Crippen LogP contribution in [-0.2, 0) is 4.74 Å². The second-order valence-electron chi connectivity index (χ2n) is 8.50. The van der Waals surface area contributed by atoms with Crippen molar-refractivity contribution in [3.63, 3.8) is 0 Å². The number of nitrogens with one attached hydrogen (secondary N) is 3. The van der Waals surface area contributed by atoms with Crippen molar-refractivity contribution >= 4 is 17.3 Å². The van der Waals surface area contributed by atoms with Crippen molar-refractivity contribution in [2.24, 2.45) is 0 Å². The van der Waals surface area contributed by atoms with Crippen molar-refractivity contribution in [3.8, 4) is 22.8 Å². The first-order valence-corrected chi connectivity index (χ1v) is 11.0. The summed E-state index contributed by atoms with van der Waals surface area (Å²) in [6.07, 6.45) is 5.25. The number of hydrogen-bond donors (Lipinski definition) is 3. The fourth-order valence-corrected chi connectivity index (χ4v) is 4.52. The van der Waals surface area contributed by atoms with Crippen LogP contribution in [0.3, 0.4) is 0 Å². The smallest absolute Gasteiger partial charge is 0.255 e. The van der Waals surface area contributed by atoms with Crippen molar-refractivity contribution in [3.05, 3.63) is 53.7 Å². The topological polar surface area (TPSA) is 97.5 Å². The van der Waals surface area contributed by atoms with Crippen molar-refractivity contribution < 1.29 is 23.4 Å². The molecule has 2 aromatic heterocycles. The third-order valence-electron chi connectivity index (χ3n) is 6.44. The number of aromatic amines is 1. The summed E-state index contributed by atoms with van der Waals surface area (Å²) in [6, 6.07) is 6.62. The summed E-state index contributed by atoms with van der Waals surface area (Å²) in [4.78, 5) is 20.7. The Morgan fingerprint density at radius 1 is 1.33 bits per heavy atom. The molecular formula is C24H23FN4O4. The number of anilines is 2. The Morgan fingerprint density at radius 3 is 3.00 bits per heavy atom. The summed E-state index contributed by atoms with van der Waals surface area (Å²) in [5.74, 6) is 0.231. The van der Waals surface area contributed by atoms with Crippen LogP contribution in [0.1, 0.15) is 34.8 Å². The fraction of sp³-hybridized carbons (Fsp3) is 0.333. The Morgan fingerprint density at radius 2 is 2.21 bits per heavy atom. The monoisotopic (exact) mass is 450 g/mol. The number of nitrogens with zero attached hydrogens (tertiary/aromatic N) is 1. The molecule has 1 unspecified atom stereocenters. The number of ether oxygens (including phenoxy) is 3. The van der Waals surface area contributed by atoms with Gasteiger partial charge in [-0.25, -0.2) is 4.39 Å². The van der Waals surface area contributed by atoms with Crippen LogP contribution in [-0.4, -0.2) is 48.3 Å². The summed E-state index contributed by atoms with van der Waals surface area (Å²) >= 11 is 0. The number of aromatic nitrogens is 2. The highest BCUT2D eigenvalue weighted by Crippen LogP contribution is 2.51. The summed E-state index contributed by atoms with van der Waals surface area (Å²) in [5.41, 5.74) is 3.81. The number of pyridine rings is 1. The molecule has 1 saturated carbocycles. The molecule has 6 rings (SSSR count). The van der Waals surface area contributed by atoms with Crippen LogP contribution in [0.25, 0.3) is 11.3 Å². The first kappa shape index (κ1) is 20.0. The van der Waals surface area contributed by atoms with Crippen molar-refractivity contribution in [1.29, 1.82) is 0 Å². The van der Waals surface area contributed by atoms with Crippen LogP contribution in [0.4, 0.5) is 15.8 Å². The van der Waals surface area contributed by atoms with E-state index < -0.39 is 5.82 Å². The highest BCUT2D eigenvalue weighted by molar-refractivity contribution is 6.07. The zero-order chi connectivity index (χ0) is 22.5. The Balaban J connectivity index is 1.46. The molecule has 170 valence electrons. The highest BCUT2D eigenvalue weighted by atomic mass is 19.1. The maximum absolute atomic E-state index is 14.4. The number of rotatable bonds is 7. The Hall–Kier alpha value is -3.59. The molecule has 2 fully saturated rings. The second-order valence-corrected chi connectivity index (χ2v) is 8.50. The standard InChI is InChI=1S/C24H23FN4O4/c1-31-23-15(25)3-2-4-16(23)27-22-19-20(14-9-17(14)28-24(19)30)29-21(22)13-5-7-26-10-18(13)33-11-12-6-8-32-12/h2-5,7,10,12,14,17,27,29H,6,8-9,11H2,1H3,(H,28,30)/t12-,14-,17?/m0/s1. The lowest BCUT2D eigenvalue weighted by molar-refractivity contribution is -0.0720. The quantitative estimate of drug-likeness (QED) is 0.508. The van der Waals surface area contributed by atoms with Crippen molar-refractivity contribution in [2.75, 3.05) is 25.6 Å². The lowest BCUT2D eigenvalue weighted by Crippen LogP contribution is -2.32. The molecule has 33 heavy (non-hydrogen) atoms. The van der Waals surface area contributed by atoms with Crippen molar-refractivity contribution in [2.45, 2.75) is 30.9 Å². The van der Waals surface area contributed by atoms with Gasteiger partial charge in [-0.3, -0.25) is 9.78 Å². The number of amides is 1. The number of carbonyl (C=O) groups is 1. The van der Waals surface area contributed by atoms with Crippen LogP contribution < -0.4 is 20.1 Å². The maximum atomic E-state index is 14.4. The van der Waals surface area contributed by atoms with E-state index in [2.05, 4.69) is 20.6 Å². The van der Waals surface area contributed by atoms with Gasteiger partial charge in [0.15, 0.2) is 11.6 Å². The minimum Gasteiger partial charge on any atom is -0.492 e. The minimum absolute atomic E-state index is 0.0713. The number of benzene rings is 1. The first-order chi connectivity index (χ1) is 16.1. The van der Waals surface area contributed by atoms with Gasteiger partial charge in [-0.05, 0) is 24.6 Å². The summed E-state index contributed by atoms with van der Waals surface area (Å²) < 4.78 is 31.2. The van der Waals surface area contributed by atoms with E-state index in [-0.39, 0.29) is 29.7 Å². The molecular weight excluding hydrogens is 427 g/mol. The van der Waals surface area contributed by atoms with Crippen molar-refractivity contribution in [1.82, 2.24) is 15.3 Å². The van der Waals surface area contributed by atoms with Crippen LogP contribution in [0.5, 0.6) is 11.5 Å². The summed E-state index contributed by atoms with van der Waals surface area (Å²) in [7, 11) is 1.41. The molecule has 8 nitrogen and oxygen atoms in total. The third kappa shape index (κ3) is 3.39. The normalized spacial score (nSPS) is 22.5. The number of hydrogen-bond acceptors (Lipinski definition) is 6. The Kier molecular flexibility index (Phi) is 4.72. The SMILES string of the molecule is COc1c(F)cccc1Nc1c(-c2ccncc2OC[C@@H]2CCO2)[nH]c2c1C(=O)NC1C[C@H]21. The molecule has 9 heteroatoms. The zero-order valence-corrected chi connectivity index (χ0v) is 18.0. The summed E-state index contributed by atoms with van der Waals surface area (Å²) in [5, 5.41) is 6.31. The van der Waals surface area contributed by atoms with Gasteiger partial charge in [-0.2, -0.15) is 0 Å². The molecule has 3 N–H and O–H groups in total. The predicted molar refractivity (Wildman–Crippen MR) is 119 cm³/mol. The molecule has 1 aliphatic carbocycles.